The molecule has 3 N–H and O–H groups in total. The number of phenolic OH excluding ortho intramolecular Hbond substituents is 3. The standard InChI is InChI=1S/C27H32O3/c1-16-7-8-24(28)19(9-16)14-20-10-17(2)11-21(25(20)29)15-22-12-18(3)13-23(26(22)30)27(4,5)6/h7-13,28-30H,14-15H2,1-6H3. The molecular formula is C27H32O3. The molecule has 30 heavy (non-hydrogen) atoms. The molecule has 0 heterocycles. The van der Waals surface area contributed by atoms with Crippen molar-refractivity contribution < 1.29 is 15.3 Å². The van der Waals surface area contributed by atoms with Crippen molar-refractivity contribution >= 4 is 0 Å². The van der Waals surface area contributed by atoms with Gasteiger partial charge in [-0.2, -0.15) is 0 Å². The van der Waals surface area contributed by atoms with Crippen LogP contribution in [0.5, 0.6) is 17.2 Å². The molecule has 158 valence electrons. The number of hydrogen-bond donors (Lipinski definition) is 3. The second-order valence-electron chi connectivity index (χ2n) is 9.49. The fourth-order valence-electron chi connectivity index (χ4n) is 4.03. The van der Waals surface area contributed by atoms with E-state index in [0.29, 0.717) is 18.6 Å². The molecule has 0 aromatic heterocycles. The summed E-state index contributed by atoms with van der Waals surface area (Å²) in [7, 11) is 0. The lowest BCUT2D eigenvalue weighted by Gasteiger charge is -2.23. The molecule has 3 aromatic carbocycles. The van der Waals surface area contributed by atoms with Crippen LogP contribution in [0.25, 0.3) is 0 Å². The molecule has 0 saturated carbocycles. The second-order valence-corrected chi connectivity index (χ2v) is 9.49. The Morgan fingerprint density at radius 2 is 1.07 bits per heavy atom. The van der Waals surface area contributed by atoms with Gasteiger partial charge in [0.25, 0.3) is 0 Å². The fourth-order valence-corrected chi connectivity index (χ4v) is 4.03. The molecule has 3 aromatic rings. The van der Waals surface area contributed by atoms with Gasteiger partial charge in [-0.3, -0.25) is 0 Å². The van der Waals surface area contributed by atoms with Gasteiger partial charge in [-0.05, 0) is 60.1 Å². The highest BCUT2D eigenvalue weighted by molar-refractivity contribution is 5.53. The Morgan fingerprint density at radius 1 is 0.600 bits per heavy atom. The van der Waals surface area contributed by atoms with Crippen molar-refractivity contribution in [2.24, 2.45) is 0 Å². The lowest BCUT2D eigenvalue weighted by atomic mass is 9.83. The van der Waals surface area contributed by atoms with Crippen LogP contribution in [-0.4, -0.2) is 15.3 Å². The highest BCUT2D eigenvalue weighted by Crippen LogP contribution is 2.37. The molecular weight excluding hydrogens is 372 g/mol. The Hall–Kier alpha value is -2.94. The Morgan fingerprint density at radius 3 is 1.63 bits per heavy atom. The second kappa shape index (κ2) is 8.06. The first-order valence-corrected chi connectivity index (χ1v) is 10.4. The zero-order valence-corrected chi connectivity index (χ0v) is 18.8. The first kappa shape index (κ1) is 21.8. The van der Waals surface area contributed by atoms with Gasteiger partial charge in [-0.15, -0.1) is 0 Å². The van der Waals surface area contributed by atoms with Crippen molar-refractivity contribution in [1.82, 2.24) is 0 Å². The van der Waals surface area contributed by atoms with Crippen molar-refractivity contribution in [2.75, 3.05) is 0 Å². The van der Waals surface area contributed by atoms with Crippen LogP contribution in [-0.2, 0) is 18.3 Å². The van der Waals surface area contributed by atoms with E-state index in [-0.39, 0.29) is 16.9 Å². The number of aryl methyl sites for hydroxylation is 3. The average molecular weight is 405 g/mol. The Labute approximate surface area is 179 Å². The zero-order valence-electron chi connectivity index (χ0n) is 18.8. The van der Waals surface area contributed by atoms with Crippen LogP contribution in [0.3, 0.4) is 0 Å². The van der Waals surface area contributed by atoms with Crippen molar-refractivity contribution in [3.05, 3.63) is 87.0 Å². The Kier molecular flexibility index (Phi) is 5.85. The predicted octanol–water partition coefficient (Wildman–Crippen LogP) is 6.21. The molecule has 3 nitrogen and oxygen atoms in total. The maximum absolute atomic E-state index is 11.0. The van der Waals surface area contributed by atoms with E-state index in [4.69, 9.17) is 0 Å². The van der Waals surface area contributed by atoms with Crippen LogP contribution in [0.15, 0.2) is 42.5 Å². The average Bonchev–Trinajstić information content (AvgIpc) is 2.63. The van der Waals surface area contributed by atoms with Gasteiger partial charge in [0.1, 0.15) is 17.2 Å². The number of aromatic hydroxyl groups is 3. The highest BCUT2D eigenvalue weighted by atomic mass is 16.3. The summed E-state index contributed by atoms with van der Waals surface area (Å²) in [5.41, 5.74) is 7.07. The van der Waals surface area contributed by atoms with Gasteiger partial charge < -0.3 is 15.3 Å². The zero-order chi connectivity index (χ0) is 22.2. The summed E-state index contributed by atoms with van der Waals surface area (Å²) >= 11 is 0. The van der Waals surface area contributed by atoms with Crippen LogP contribution in [0.1, 0.15) is 65.3 Å². The van der Waals surface area contributed by atoms with E-state index < -0.39 is 0 Å². The van der Waals surface area contributed by atoms with E-state index in [9.17, 15) is 15.3 Å². The summed E-state index contributed by atoms with van der Waals surface area (Å²) in [4.78, 5) is 0. The minimum atomic E-state index is -0.173. The molecule has 0 amide bonds. The van der Waals surface area contributed by atoms with E-state index in [1.807, 2.05) is 57.2 Å². The van der Waals surface area contributed by atoms with Gasteiger partial charge >= 0.3 is 0 Å². The SMILES string of the molecule is Cc1ccc(O)c(Cc2cc(C)cc(Cc3cc(C)cc(C(C)(C)C)c3O)c2O)c1. The maximum atomic E-state index is 11.0. The highest BCUT2D eigenvalue weighted by Gasteiger charge is 2.22. The normalized spacial score (nSPS) is 11.7. The minimum absolute atomic E-state index is 0.173. The first-order chi connectivity index (χ1) is 14.0. The van der Waals surface area contributed by atoms with Gasteiger partial charge in [-0.1, -0.05) is 73.9 Å². The lowest BCUT2D eigenvalue weighted by Crippen LogP contribution is -2.12. The van der Waals surface area contributed by atoms with Gasteiger partial charge in [0.15, 0.2) is 0 Å². The monoisotopic (exact) mass is 404 g/mol. The molecule has 0 aliphatic carbocycles. The van der Waals surface area contributed by atoms with Crippen molar-refractivity contribution in [3.63, 3.8) is 0 Å². The predicted molar refractivity (Wildman–Crippen MR) is 123 cm³/mol. The molecule has 0 spiro atoms. The van der Waals surface area contributed by atoms with Crippen LogP contribution in [0.2, 0.25) is 0 Å². The van der Waals surface area contributed by atoms with E-state index in [0.717, 1.165) is 44.5 Å². The van der Waals surface area contributed by atoms with Crippen LogP contribution in [0.4, 0.5) is 0 Å². The maximum Gasteiger partial charge on any atom is 0.122 e. The molecule has 0 radical (unpaired) electrons. The van der Waals surface area contributed by atoms with Gasteiger partial charge in [0.2, 0.25) is 0 Å². The van der Waals surface area contributed by atoms with E-state index in [1.54, 1.807) is 6.07 Å². The smallest absolute Gasteiger partial charge is 0.122 e. The van der Waals surface area contributed by atoms with Crippen LogP contribution < -0.4 is 0 Å². The third-order valence-electron chi connectivity index (χ3n) is 5.55. The molecule has 3 heteroatoms. The molecule has 0 saturated heterocycles. The van der Waals surface area contributed by atoms with Crippen molar-refractivity contribution in [2.45, 2.75) is 59.8 Å². The Bertz CT molecular complexity index is 1090. The van der Waals surface area contributed by atoms with Crippen molar-refractivity contribution in [3.8, 4) is 17.2 Å². The summed E-state index contributed by atoms with van der Waals surface area (Å²) < 4.78 is 0. The summed E-state index contributed by atoms with van der Waals surface area (Å²) in [6.45, 7) is 12.3. The van der Waals surface area contributed by atoms with Crippen molar-refractivity contribution in [1.29, 1.82) is 0 Å². The summed E-state index contributed by atoms with van der Waals surface area (Å²) in [6.07, 6.45) is 0.887. The third-order valence-corrected chi connectivity index (χ3v) is 5.55. The molecule has 0 bridgehead atoms. The molecule has 0 fully saturated rings. The largest absolute Gasteiger partial charge is 0.508 e. The molecule has 0 aliphatic rings. The summed E-state index contributed by atoms with van der Waals surface area (Å²) in [5, 5.41) is 32.2. The number of benzene rings is 3. The van der Waals surface area contributed by atoms with Gasteiger partial charge in [-0.25, -0.2) is 0 Å². The van der Waals surface area contributed by atoms with Gasteiger partial charge in [0, 0.05) is 12.8 Å². The number of phenols is 3. The number of rotatable bonds is 4. The fraction of sp³-hybridized carbons (Fsp3) is 0.333. The summed E-state index contributed by atoms with van der Waals surface area (Å²) in [5.74, 6) is 0.751. The summed E-state index contributed by atoms with van der Waals surface area (Å²) in [6, 6.07) is 13.4. The quantitative estimate of drug-likeness (QED) is 0.485. The van der Waals surface area contributed by atoms with Crippen LogP contribution in [0, 0.1) is 20.8 Å². The molecule has 0 atom stereocenters. The first-order valence-electron chi connectivity index (χ1n) is 10.4. The van der Waals surface area contributed by atoms with E-state index >= 15 is 0 Å². The van der Waals surface area contributed by atoms with E-state index in [2.05, 4.69) is 20.8 Å². The molecule has 3 rings (SSSR count). The lowest BCUT2D eigenvalue weighted by molar-refractivity contribution is 0.439. The Balaban J connectivity index is 2.03. The third kappa shape index (κ3) is 4.62. The van der Waals surface area contributed by atoms with Gasteiger partial charge in [0.05, 0.1) is 0 Å². The molecule has 0 aliphatic heterocycles. The number of hydrogen-bond acceptors (Lipinski definition) is 3. The van der Waals surface area contributed by atoms with E-state index in [1.165, 1.54) is 0 Å². The van der Waals surface area contributed by atoms with Crippen LogP contribution >= 0.6 is 0 Å². The topological polar surface area (TPSA) is 60.7 Å². The minimum Gasteiger partial charge on any atom is -0.508 e. The molecule has 0 unspecified atom stereocenters.